The first-order chi connectivity index (χ1) is 10.2. The van der Waals surface area contributed by atoms with E-state index in [1.807, 2.05) is 4.90 Å². The maximum atomic E-state index is 12.2. The van der Waals surface area contributed by atoms with E-state index in [0.717, 1.165) is 32.2 Å². The number of carbonyl (C=O) groups is 1. The highest BCUT2D eigenvalue weighted by atomic mass is 16.5. The number of aromatic amines is 1. The number of ether oxygens (including phenoxy) is 1. The number of methoxy groups -OCH3 is 1. The topological polar surface area (TPSA) is 75.3 Å². The predicted octanol–water partition coefficient (Wildman–Crippen LogP) is 1.03. The quantitative estimate of drug-likeness (QED) is 0.899. The second kappa shape index (κ2) is 5.97. The number of amides is 1. The van der Waals surface area contributed by atoms with Crippen molar-refractivity contribution in [3.63, 3.8) is 0 Å². The molecule has 1 aromatic rings. The number of aromatic nitrogens is 2. The van der Waals surface area contributed by atoms with E-state index in [-0.39, 0.29) is 23.3 Å². The molecule has 1 aliphatic heterocycles. The summed E-state index contributed by atoms with van der Waals surface area (Å²) in [7, 11) is 1.58. The number of hydrogen-bond acceptors (Lipinski definition) is 4. The molecule has 0 bridgehead atoms. The van der Waals surface area contributed by atoms with E-state index < -0.39 is 0 Å². The Kier molecular flexibility index (Phi) is 4.05. The van der Waals surface area contributed by atoms with Crippen molar-refractivity contribution < 1.29 is 9.53 Å². The second-order valence-electron chi connectivity index (χ2n) is 5.95. The van der Waals surface area contributed by atoms with Gasteiger partial charge in [0.25, 0.3) is 5.56 Å². The van der Waals surface area contributed by atoms with Gasteiger partial charge in [0.15, 0.2) is 0 Å². The van der Waals surface area contributed by atoms with Gasteiger partial charge in [-0.3, -0.25) is 9.59 Å². The largest absolute Gasteiger partial charge is 0.378 e. The van der Waals surface area contributed by atoms with Crippen LogP contribution in [0.15, 0.2) is 10.9 Å². The lowest BCUT2D eigenvalue weighted by Gasteiger charge is -2.32. The molecule has 2 aliphatic rings. The van der Waals surface area contributed by atoms with Crippen LogP contribution in [-0.2, 0) is 16.1 Å². The molecule has 114 valence electrons. The fraction of sp³-hybridized carbons (Fsp3) is 0.667. The van der Waals surface area contributed by atoms with Crippen molar-refractivity contribution >= 4 is 5.91 Å². The Hall–Kier alpha value is -1.69. The Labute approximate surface area is 123 Å². The van der Waals surface area contributed by atoms with E-state index in [2.05, 4.69) is 9.97 Å². The van der Waals surface area contributed by atoms with Gasteiger partial charge in [-0.05, 0) is 25.7 Å². The fourth-order valence-electron chi connectivity index (χ4n) is 2.93. The van der Waals surface area contributed by atoms with Crippen LogP contribution in [0.5, 0.6) is 0 Å². The Morgan fingerprint density at radius 3 is 3.00 bits per heavy atom. The number of nitrogens with one attached hydrogen (secondary N) is 1. The average molecular weight is 291 g/mol. The Morgan fingerprint density at radius 2 is 2.29 bits per heavy atom. The van der Waals surface area contributed by atoms with Crippen molar-refractivity contribution in [3.05, 3.63) is 27.9 Å². The lowest BCUT2D eigenvalue weighted by atomic mass is 9.96. The fourth-order valence-corrected chi connectivity index (χ4v) is 2.93. The van der Waals surface area contributed by atoms with Crippen LogP contribution >= 0.6 is 0 Å². The van der Waals surface area contributed by atoms with E-state index in [4.69, 9.17) is 4.74 Å². The lowest BCUT2D eigenvalue weighted by Crippen LogP contribution is -2.40. The summed E-state index contributed by atoms with van der Waals surface area (Å²) < 4.78 is 5.04. The van der Waals surface area contributed by atoms with Crippen LogP contribution in [-0.4, -0.2) is 41.0 Å². The number of carbonyl (C=O) groups excluding carboxylic acids is 1. The van der Waals surface area contributed by atoms with Gasteiger partial charge in [0, 0.05) is 38.1 Å². The minimum atomic E-state index is -0.155. The maximum Gasteiger partial charge on any atom is 0.251 e. The molecule has 1 aliphatic carbocycles. The van der Waals surface area contributed by atoms with Crippen LogP contribution < -0.4 is 5.56 Å². The monoisotopic (exact) mass is 291 g/mol. The number of H-pyrrole nitrogens is 1. The third kappa shape index (κ3) is 3.32. The number of piperidine rings is 1. The second-order valence-corrected chi connectivity index (χ2v) is 5.95. The van der Waals surface area contributed by atoms with Crippen LogP contribution in [0.2, 0.25) is 0 Å². The molecule has 21 heavy (non-hydrogen) atoms. The predicted molar refractivity (Wildman–Crippen MR) is 76.8 cm³/mol. The molecule has 0 aromatic carbocycles. The van der Waals surface area contributed by atoms with Crippen LogP contribution in [0.3, 0.4) is 0 Å². The van der Waals surface area contributed by atoms with Gasteiger partial charge in [-0.15, -0.1) is 0 Å². The standard InChI is InChI=1S/C15H21N3O3/c1-21-9-12-7-13(19)17-14(16-12)11-3-2-6-18(8-11)15(20)10-4-5-10/h7,10-11H,2-6,8-9H2,1H3,(H,16,17,19)/t11-/m0/s1. The highest BCUT2D eigenvalue weighted by Gasteiger charge is 2.36. The Bertz CT molecular complexity index is 580. The summed E-state index contributed by atoms with van der Waals surface area (Å²) >= 11 is 0. The molecule has 2 fully saturated rings. The van der Waals surface area contributed by atoms with E-state index >= 15 is 0 Å². The van der Waals surface area contributed by atoms with Crippen molar-refractivity contribution in [1.29, 1.82) is 0 Å². The molecular formula is C15H21N3O3. The van der Waals surface area contributed by atoms with E-state index in [0.29, 0.717) is 24.7 Å². The third-order valence-electron chi connectivity index (χ3n) is 4.15. The Morgan fingerprint density at radius 1 is 1.48 bits per heavy atom. The van der Waals surface area contributed by atoms with Gasteiger partial charge in [0.2, 0.25) is 5.91 Å². The maximum absolute atomic E-state index is 12.2. The summed E-state index contributed by atoms with van der Waals surface area (Å²) in [4.78, 5) is 33.2. The first kappa shape index (κ1) is 14.3. The first-order valence-corrected chi connectivity index (χ1v) is 7.55. The molecule has 1 saturated carbocycles. The summed E-state index contributed by atoms with van der Waals surface area (Å²) in [5.41, 5.74) is 0.486. The van der Waals surface area contributed by atoms with Crippen molar-refractivity contribution in [2.24, 2.45) is 5.92 Å². The summed E-state index contributed by atoms with van der Waals surface area (Å²) in [6, 6.07) is 1.46. The van der Waals surface area contributed by atoms with Gasteiger partial charge in [0.1, 0.15) is 5.82 Å². The van der Waals surface area contributed by atoms with Crippen LogP contribution in [0.25, 0.3) is 0 Å². The van der Waals surface area contributed by atoms with Gasteiger partial charge in [0.05, 0.1) is 12.3 Å². The third-order valence-corrected chi connectivity index (χ3v) is 4.15. The van der Waals surface area contributed by atoms with E-state index in [1.54, 1.807) is 7.11 Å². The molecular weight excluding hydrogens is 270 g/mol. The zero-order chi connectivity index (χ0) is 14.8. The molecule has 1 N–H and O–H groups in total. The van der Waals surface area contributed by atoms with Crippen LogP contribution in [0.1, 0.15) is 43.1 Å². The smallest absolute Gasteiger partial charge is 0.251 e. The van der Waals surface area contributed by atoms with Gasteiger partial charge < -0.3 is 14.6 Å². The molecule has 0 radical (unpaired) electrons. The van der Waals surface area contributed by atoms with Crippen molar-refractivity contribution in [1.82, 2.24) is 14.9 Å². The summed E-state index contributed by atoms with van der Waals surface area (Å²) in [6.45, 7) is 1.82. The summed E-state index contributed by atoms with van der Waals surface area (Å²) in [6.07, 6.45) is 3.96. The average Bonchev–Trinajstić information content (AvgIpc) is 3.31. The number of nitrogens with zero attached hydrogens (tertiary/aromatic N) is 2. The van der Waals surface area contributed by atoms with Gasteiger partial charge in [-0.1, -0.05) is 0 Å². The summed E-state index contributed by atoms with van der Waals surface area (Å²) in [5, 5.41) is 0. The van der Waals surface area contributed by atoms with Crippen LogP contribution in [0.4, 0.5) is 0 Å². The zero-order valence-corrected chi connectivity index (χ0v) is 12.3. The van der Waals surface area contributed by atoms with E-state index in [9.17, 15) is 9.59 Å². The number of rotatable bonds is 4. The highest BCUT2D eigenvalue weighted by molar-refractivity contribution is 5.81. The molecule has 1 saturated heterocycles. The molecule has 1 amide bonds. The molecule has 0 spiro atoms. The van der Waals surface area contributed by atoms with Gasteiger partial charge in [-0.25, -0.2) is 4.98 Å². The normalized spacial score (nSPS) is 22.3. The molecule has 1 aromatic heterocycles. The van der Waals surface area contributed by atoms with Crippen molar-refractivity contribution in [2.45, 2.75) is 38.2 Å². The molecule has 1 atom stereocenters. The van der Waals surface area contributed by atoms with E-state index in [1.165, 1.54) is 6.07 Å². The SMILES string of the molecule is COCc1cc(=O)[nH]c([C@H]2CCCN(C(=O)C3CC3)C2)n1. The molecule has 0 unspecified atom stereocenters. The first-order valence-electron chi connectivity index (χ1n) is 7.55. The van der Waals surface area contributed by atoms with Gasteiger partial charge in [-0.2, -0.15) is 0 Å². The molecule has 2 heterocycles. The minimum absolute atomic E-state index is 0.117. The minimum Gasteiger partial charge on any atom is -0.378 e. The molecule has 3 rings (SSSR count). The zero-order valence-electron chi connectivity index (χ0n) is 12.3. The van der Waals surface area contributed by atoms with Gasteiger partial charge >= 0.3 is 0 Å². The molecule has 6 heteroatoms. The number of hydrogen-bond donors (Lipinski definition) is 1. The number of likely N-dealkylation sites (tertiary alicyclic amines) is 1. The van der Waals surface area contributed by atoms with Crippen molar-refractivity contribution in [3.8, 4) is 0 Å². The summed E-state index contributed by atoms with van der Waals surface area (Å²) in [5.74, 6) is 1.32. The van der Waals surface area contributed by atoms with Crippen molar-refractivity contribution in [2.75, 3.05) is 20.2 Å². The Balaban J connectivity index is 1.76. The highest BCUT2D eigenvalue weighted by Crippen LogP contribution is 2.33. The molecule has 6 nitrogen and oxygen atoms in total. The van der Waals surface area contributed by atoms with Crippen LogP contribution in [0, 0.1) is 5.92 Å². The lowest BCUT2D eigenvalue weighted by molar-refractivity contribution is -0.133.